The molecule has 8 heteroatoms. The number of benzene rings is 2. The normalized spacial score (nSPS) is 11.9. The summed E-state index contributed by atoms with van der Waals surface area (Å²) >= 11 is 1.18. The van der Waals surface area contributed by atoms with Crippen LogP contribution in [0.25, 0.3) is 0 Å². The van der Waals surface area contributed by atoms with Gasteiger partial charge in [0.05, 0.1) is 5.25 Å². The van der Waals surface area contributed by atoms with Crippen molar-refractivity contribution in [1.82, 2.24) is 15.1 Å². The van der Waals surface area contributed by atoms with E-state index in [1.54, 1.807) is 31.0 Å². The van der Waals surface area contributed by atoms with Crippen LogP contribution in [0, 0.1) is 12.7 Å². The molecule has 152 valence electrons. The number of rotatable bonds is 8. The predicted molar refractivity (Wildman–Crippen MR) is 108 cm³/mol. The van der Waals surface area contributed by atoms with Gasteiger partial charge in [0.2, 0.25) is 5.91 Å². The number of hydrogen-bond acceptors (Lipinski definition) is 6. The SMILES string of the molecule is Cc1cccc(OCc2nnc(S[C@@H](C)C(=O)N(C)Cc3cccc(F)c3)o2)c1. The fourth-order valence-corrected chi connectivity index (χ4v) is 3.51. The number of aryl methyl sites for hydroxylation is 1. The van der Waals surface area contributed by atoms with Crippen molar-refractivity contribution in [1.29, 1.82) is 0 Å². The van der Waals surface area contributed by atoms with E-state index in [9.17, 15) is 9.18 Å². The van der Waals surface area contributed by atoms with E-state index >= 15 is 0 Å². The predicted octanol–water partition coefficient (Wildman–Crippen LogP) is 4.24. The molecule has 0 unspecified atom stereocenters. The van der Waals surface area contributed by atoms with Gasteiger partial charge < -0.3 is 14.1 Å². The van der Waals surface area contributed by atoms with Crippen molar-refractivity contribution in [2.24, 2.45) is 0 Å². The molecule has 0 spiro atoms. The number of amides is 1. The minimum absolute atomic E-state index is 0.116. The fraction of sp³-hybridized carbons (Fsp3) is 0.286. The lowest BCUT2D eigenvalue weighted by molar-refractivity contribution is -0.129. The zero-order valence-corrected chi connectivity index (χ0v) is 17.3. The van der Waals surface area contributed by atoms with Crippen molar-refractivity contribution >= 4 is 17.7 Å². The van der Waals surface area contributed by atoms with Gasteiger partial charge in [-0.05, 0) is 49.2 Å². The van der Waals surface area contributed by atoms with Gasteiger partial charge in [-0.25, -0.2) is 4.39 Å². The Labute approximate surface area is 173 Å². The first-order valence-electron chi connectivity index (χ1n) is 9.08. The molecule has 0 N–H and O–H groups in total. The second-order valence-corrected chi connectivity index (χ2v) is 7.94. The van der Waals surface area contributed by atoms with E-state index < -0.39 is 5.25 Å². The smallest absolute Gasteiger partial charge is 0.277 e. The van der Waals surface area contributed by atoms with Crippen LogP contribution < -0.4 is 4.74 Å². The molecule has 1 aromatic heterocycles. The van der Waals surface area contributed by atoms with Crippen molar-refractivity contribution in [3.63, 3.8) is 0 Å². The minimum Gasteiger partial charge on any atom is -0.484 e. The maximum atomic E-state index is 13.3. The number of hydrogen-bond donors (Lipinski definition) is 0. The molecule has 0 aliphatic rings. The van der Waals surface area contributed by atoms with Crippen LogP contribution >= 0.6 is 11.8 Å². The number of thioether (sulfide) groups is 1. The largest absolute Gasteiger partial charge is 0.484 e. The summed E-state index contributed by atoms with van der Waals surface area (Å²) in [4.78, 5) is 14.1. The Hall–Kier alpha value is -2.87. The molecule has 1 amide bonds. The van der Waals surface area contributed by atoms with Gasteiger partial charge in [0.25, 0.3) is 11.1 Å². The summed E-state index contributed by atoms with van der Waals surface area (Å²) in [6.45, 7) is 4.22. The summed E-state index contributed by atoms with van der Waals surface area (Å²) in [7, 11) is 1.68. The third-order valence-electron chi connectivity index (χ3n) is 4.11. The Morgan fingerprint density at radius 1 is 1.24 bits per heavy atom. The van der Waals surface area contributed by atoms with Crippen LogP contribution in [-0.2, 0) is 17.9 Å². The monoisotopic (exact) mass is 415 g/mol. The van der Waals surface area contributed by atoms with E-state index in [0.717, 1.165) is 16.9 Å². The first-order valence-corrected chi connectivity index (χ1v) is 9.96. The summed E-state index contributed by atoms with van der Waals surface area (Å²) < 4.78 is 24.5. The highest BCUT2D eigenvalue weighted by Gasteiger charge is 2.22. The van der Waals surface area contributed by atoms with Gasteiger partial charge in [0.1, 0.15) is 11.6 Å². The van der Waals surface area contributed by atoms with Crippen molar-refractivity contribution in [3.05, 3.63) is 71.4 Å². The first kappa shape index (κ1) is 20.9. The summed E-state index contributed by atoms with van der Waals surface area (Å²) in [5.41, 5.74) is 1.82. The molecule has 1 heterocycles. The maximum Gasteiger partial charge on any atom is 0.277 e. The van der Waals surface area contributed by atoms with Crippen LogP contribution in [-0.4, -0.2) is 33.3 Å². The van der Waals surface area contributed by atoms with Crippen LogP contribution in [0.1, 0.15) is 23.9 Å². The topological polar surface area (TPSA) is 68.5 Å². The molecule has 0 aliphatic heterocycles. The van der Waals surface area contributed by atoms with Gasteiger partial charge >= 0.3 is 0 Å². The Balaban J connectivity index is 1.52. The highest BCUT2D eigenvalue weighted by atomic mass is 32.2. The zero-order valence-electron chi connectivity index (χ0n) is 16.5. The number of nitrogens with zero attached hydrogens (tertiary/aromatic N) is 3. The van der Waals surface area contributed by atoms with E-state index in [-0.39, 0.29) is 18.3 Å². The molecule has 0 fully saturated rings. The van der Waals surface area contributed by atoms with Crippen molar-refractivity contribution < 1.29 is 18.3 Å². The lowest BCUT2D eigenvalue weighted by Gasteiger charge is -2.20. The van der Waals surface area contributed by atoms with Crippen LogP contribution in [0.15, 0.2) is 58.2 Å². The highest BCUT2D eigenvalue weighted by Crippen LogP contribution is 2.24. The molecule has 0 aliphatic carbocycles. The van der Waals surface area contributed by atoms with Crippen molar-refractivity contribution in [2.45, 2.75) is 37.5 Å². The lowest BCUT2D eigenvalue weighted by Crippen LogP contribution is -2.32. The molecule has 0 radical (unpaired) electrons. The van der Waals surface area contributed by atoms with Crippen LogP contribution in [0.4, 0.5) is 4.39 Å². The number of aromatic nitrogens is 2. The van der Waals surface area contributed by atoms with Crippen molar-refractivity contribution in [2.75, 3.05) is 7.05 Å². The van der Waals surface area contributed by atoms with Gasteiger partial charge in [-0.2, -0.15) is 0 Å². The Morgan fingerprint density at radius 2 is 2.03 bits per heavy atom. The minimum atomic E-state index is -0.431. The molecule has 2 aromatic carbocycles. The molecular weight excluding hydrogens is 393 g/mol. The van der Waals surface area contributed by atoms with E-state index in [0.29, 0.717) is 17.7 Å². The summed E-state index contributed by atoms with van der Waals surface area (Å²) in [6, 6.07) is 13.9. The molecule has 0 bridgehead atoms. The third-order valence-corrected chi connectivity index (χ3v) is 5.03. The second kappa shape index (κ2) is 9.56. The Bertz CT molecular complexity index is 979. The van der Waals surface area contributed by atoms with Crippen molar-refractivity contribution in [3.8, 4) is 5.75 Å². The highest BCUT2D eigenvalue weighted by molar-refractivity contribution is 8.00. The molecule has 3 aromatic rings. The van der Waals surface area contributed by atoms with Gasteiger partial charge in [0.15, 0.2) is 6.61 Å². The van der Waals surface area contributed by atoms with E-state index in [1.165, 1.54) is 23.9 Å². The first-order chi connectivity index (χ1) is 13.9. The summed E-state index contributed by atoms with van der Waals surface area (Å²) in [5.74, 6) is 0.619. The van der Waals surface area contributed by atoms with Crippen LogP contribution in [0.5, 0.6) is 5.75 Å². The molecular formula is C21H22FN3O3S. The van der Waals surface area contributed by atoms with Gasteiger partial charge in [-0.3, -0.25) is 4.79 Å². The molecule has 1 atom stereocenters. The number of halogens is 1. The Kier molecular flexibility index (Phi) is 6.87. The van der Waals surface area contributed by atoms with E-state index in [4.69, 9.17) is 9.15 Å². The second-order valence-electron chi connectivity index (χ2n) is 6.65. The molecule has 3 rings (SSSR count). The lowest BCUT2D eigenvalue weighted by atomic mass is 10.2. The Morgan fingerprint density at radius 3 is 2.79 bits per heavy atom. The van der Waals surface area contributed by atoms with E-state index in [2.05, 4.69) is 10.2 Å². The maximum absolute atomic E-state index is 13.3. The van der Waals surface area contributed by atoms with Gasteiger partial charge in [0, 0.05) is 13.6 Å². The summed E-state index contributed by atoms with van der Waals surface area (Å²) in [5, 5.41) is 7.80. The number of ether oxygens (including phenoxy) is 1. The summed E-state index contributed by atoms with van der Waals surface area (Å²) in [6.07, 6.45) is 0. The van der Waals surface area contributed by atoms with E-state index in [1.807, 2.05) is 31.2 Å². The number of carbonyl (C=O) groups is 1. The molecule has 6 nitrogen and oxygen atoms in total. The fourth-order valence-electron chi connectivity index (χ4n) is 2.69. The van der Waals surface area contributed by atoms with Gasteiger partial charge in [-0.15, -0.1) is 10.2 Å². The molecule has 29 heavy (non-hydrogen) atoms. The van der Waals surface area contributed by atoms with Gasteiger partial charge in [-0.1, -0.05) is 36.0 Å². The standard InChI is InChI=1S/C21H22FN3O3S/c1-14-6-4-9-18(10-14)27-13-19-23-24-21(28-19)29-15(2)20(26)25(3)12-16-7-5-8-17(22)11-16/h4-11,15H,12-13H2,1-3H3/t15-/m0/s1. The molecule has 0 saturated carbocycles. The average molecular weight is 415 g/mol. The average Bonchev–Trinajstić information content (AvgIpc) is 3.13. The third kappa shape index (κ3) is 6.05. The zero-order chi connectivity index (χ0) is 20.8. The quantitative estimate of drug-likeness (QED) is 0.513. The molecule has 0 saturated heterocycles. The van der Waals surface area contributed by atoms with Crippen LogP contribution in [0.2, 0.25) is 0 Å². The number of carbonyl (C=O) groups excluding carboxylic acids is 1. The van der Waals surface area contributed by atoms with Crippen LogP contribution in [0.3, 0.4) is 0 Å².